The van der Waals surface area contributed by atoms with Gasteiger partial charge in [0.25, 0.3) is 15.9 Å². The third-order valence-electron chi connectivity index (χ3n) is 9.06. The van der Waals surface area contributed by atoms with E-state index in [0.717, 1.165) is 28.7 Å². The van der Waals surface area contributed by atoms with Crippen molar-refractivity contribution in [1.82, 2.24) is 19.8 Å². The minimum Gasteiger partial charge on any atom is -0.475 e. The van der Waals surface area contributed by atoms with Crippen molar-refractivity contribution in [3.05, 3.63) is 100 Å². The first-order valence-corrected chi connectivity index (χ1v) is 18.0. The van der Waals surface area contributed by atoms with E-state index < -0.39 is 22.0 Å². The molecular weight excluding hydrogens is 639 g/mol. The molecule has 4 bridgehead atoms. The molecule has 6 rings (SSSR count). The summed E-state index contributed by atoms with van der Waals surface area (Å²) in [5, 5.41) is 0. The van der Waals surface area contributed by atoms with Gasteiger partial charge in [-0.2, -0.15) is 4.98 Å². The zero-order chi connectivity index (χ0) is 35.1. The van der Waals surface area contributed by atoms with Gasteiger partial charge < -0.3 is 14.5 Å². The Hall–Kier alpha value is -4.77. The van der Waals surface area contributed by atoms with E-state index in [2.05, 4.69) is 54.5 Å². The molecule has 2 amide bonds. The van der Waals surface area contributed by atoms with Gasteiger partial charge in [0.05, 0.1) is 16.6 Å². The standard InChI is InChI=1S/C38H43N5O5S/c1-24-13-14-29-21-42(16-15-27(29)17-24)34(44)22-43-30(20-38(4,5)6)23-48-33-19-32(35-25(2)9-7-10-26(35)3)39-37(40-33)41-49(46,47)31-12-8-11-28(18-31)36(43)45/h7-14,17-19,30H,15-16,20-23H2,1-6H3,(H,39,40,41)/t30-/m1/s1. The quantitative estimate of drug-likeness (QED) is 0.277. The summed E-state index contributed by atoms with van der Waals surface area (Å²) in [5.41, 5.74) is 6.67. The Labute approximate surface area is 288 Å². The number of ether oxygens (including phenoxy) is 1. The number of carbonyl (C=O) groups excluding carboxylic acids is 2. The molecule has 0 aliphatic carbocycles. The van der Waals surface area contributed by atoms with Crippen LogP contribution in [-0.2, 0) is 27.8 Å². The fraction of sp³-hybridized carbons (Fsp3) is 0.368. The molecule has 3 aromatic carbocycles. The van der Waals surface area contributed by atoms with E-state index >= 15 is 0 Å². The minimum atomic E-state index is -4.21. The lowest BCUT2D eigenvalue weighted by Crippen LogP contribution is -2.51. The number of hydrogen-bond donors (Lipinski definition) is 1. The predicted octanol–water partition coefficient (Wildman–Crippen LogP) is 6.09. The highest BCUT2D eigenvalue weighted by molar-refractivity contribution is 7.92. The van der Waals surface area contributed by atoms with Crippen molar-refractivity contribution in [2.24, 2.45) is 5.41 Å². The van der Waals surface area contributed by atoms with Crippen LogP contribution in [0.4, 0.5) is 5.95 Å². The number of amides is 2. The number of carbonyl (C=O) groups is 2. The van der Waals surface area contributed by atoms with E-state index in [0.29, 0.717) is 25.2 Å². The second kappa shape index (κ2) is 13.3. The molecule has 1 N–H and O–H groups in total. The van der Waals surface area contributed by atoms with Crippen molar-refractivity contribution in [3.63, 3.8) is 0 Å². The van der Waals surface area contributed by atoms with Gasteiger partial charge in [-0.3, -0.25) is 9.59 Å². The Balaban J connectivity index is 1.42. The lowest BCUT2D eigenvalue weighted by Gasteiger charge is -2.37. The summed E-state index contributed by atoms with van der Waals surface area (Å²) in [7, 11) is -4.21. The first kappa shape index (κ1) is 34.1. The maximum atomic E-state index is 14.4. The summed E-state index contributed by atoms with van der Waals surface area (Å²) in [6.45, 7) is 13.0. The van der Waals surface area contributed by atoms with Gasteiger partial charge in [0.2, 0.25) is 17.7 Å². The van der Waals surface area contributed by atoms with Gasteiger partial charge in [-0.25, -0.2) is 18.1 Å². The van der Waals surface area contributed by atoms with Gasteiger partial charge in [0.1, 0.15) is 13.2 Å². The second-order valence-corrected chi connectivity index (χ2v) is 16.0. The summed E-state index contributed by atoms with van der Waals surface area (Å²) in [6.07, 6.45) is 1.24. The Kier molecular flexibility index (Phi) is 9.23. The molecule has 256 valence electrons. The summed E-state index contributed by atoms with van der Waals surface area (Å²) in [5.74, 6) is -0.637. The van der Waals surface area contributed by atoms with Gasteiger partial charge >= 0.3 is 0 Å². The molecule has 0 spiro atoms. The van der Waals surface area contributed by atoms with E-state index in [1.165, 1.54) is 29.3 Å². The van der Waals surface area contributed by atoms with Crippen molar-refractivity contribution in [3.8, 4) is 17.1 Å². The van der Waals surface area contributed by atoms with E-state index in [-0.39, 0.29) is 46.8 Å². The topological polar surface area (TPSA) is 122 Å². The van der Waals surface area contributed by atoms with Gasteiger partial charge in [-0.05, 0) is 79.5 Å². The van der Waals surface area contributed by atoms with Gasteiger partial charge in [-0.15, -0.1) is 0 Å². The van der Waals surface area contributed by atoms with E-state index in [4.69, 9.17) is 4.74 Å². The average molecular weight is 682 g/mol. The zero-order valence-corrected chi connectivity index (χ0v) is 29.7. The Morgan fingerprint density at radius 1 is 0.959 bits per heavy atom. The summed E-state index contributed by atoms with van der Waals surface area (Å²) >= 11 is 0. The Morgan fingerprint density at radius 3 is 2.43 bits per heavy atom. The average Bonchev–Trinajstić information content (AvgIpc) is 3.04. The second-order valence-electron chi connectivity index (χ2n) is 14.3. The van der Waals surface area contributed by atoms with Gasteiger partial charge in [-0.1, -0.05) is 68.8 Å². The largest absolute Gasteiger partial charge is 0.475 e. The molecule has 10 nitrogen and oxygen atoms in total. The molecule has 3 heterocycles. The normalized spacial score (nSPS) is 17.5. The molecule has 0 unspecified atom stereocenters. The summed E-state index contributed by atoms with van der Waals surface area (Å²) in [4.78, 5) is 40.7. The molecular formula is C38H43N5O5S. The van der Waals surface area contributed by atoms with Crippen LogP contribution in [0.5, 0.6) is 5.88 Å². The van der Waals surface area contributed by atoms with E-state index in [1.807, 2.05) is 38.1 Å². The number of hydrogen-bond acceptors (Lipinski definition) is 7. The van der Waals surface area contributed by atoms with Gasteiger partial charge in [0.15, 0.2) is 0 Å². The number of rotatable bonds is 4. The Morgan fingerprint density at radius 2 is 1.69 bits per heavy atom. The third kappa shape index (κ3) is 7.62. The van der Waals surface area contributed by atoms with Crippen LogP contribution in [0.1, 0.15) is 65.4 Å². The number of nitrogens with one attached hydrogen (secondary N) is 1. The third-order valence-corrected chi connectivity index (χ3v) is 10.4. The molecule has 0 radical (unpaired) electrons. The van der Waals surface area contributed by atoms with Gasteiger partial charge in [0, 0.05) is 30.3 Å². The van der Waals surface area contributed by atoms with Crippen LogP contribution < -0.4 is 9.46 Å². The van der Waals surface area contributed by atoms with Crippen molar-refractivity contribution >= 4 is 27.8 Å². The monoisotopic (exact) mass is 681 g/mol. The number of benzene rings is 3. The predicted molar refractivity (Wildman–Crippen MR) is 189 cm³/mol. The lowest BCUT2D eigenvalue weighted by molar-refractivity contribution is -0.133. The molecule has 2 aliphatic heterocycles. The highest BCUT2D eigenvalue weighted by atomic mass is 32.2. The molecule has 1 aromatic heterocycles. The number of aromatic nitrogens is 2. The minimum absolute atomic E-state index is 0.0213. The fourth-order valence-electron chi connectivity index (χ4n) is 6.69. The van der Waals surface area contributed by atoms with Crippen LogP contribution in [0, 0.1) is 26.2 Å². The lowest BCUT2D eigenvalue weighted by atomic mass is 9.87. The number of sulfonamides is 1. The molecule has 0 fully saturated rings. The number of nitrogens with zero attached hydrogens (tertiary/aromatic N) is 4. The molecule has 49 heavy (non-hydrogen) atoms. The SMILES string of the molecule is Cc1ccc2c(c1)CCN(C(=O)CN1C(=O)c3cccc(c3)S(=O)(=O)Nc3nc(cc(-c4c(C)cccc4C)n3)OC[C@H]1CC(C)(C)C)C2. The summed E-state index contributed by atoms with van der Waals surface area (Å²) < 4.78 is 36.2. The zero-order valence-electron chi connectivity index (χ0n) is 28.9. The molecule has 2 aliphatic rings. The first-order chi connectivity index (χ1) is 23.2. The molecule has 11 heteroatoms. The smallest absolute Gasteiger partial charge is 0.264 e. The number of aryl methyl sites for hydroxylation is 3. The van der Waals surface area contributed by atoms with Crippen LogP contribution in [0.2, 0.25) is 0 Å². The maximum absolute atomic E-state index is 14.4. The van der Waals surface area contributed by atoms with Crippen LogP contribution in [0.15, 0.2) is 71.6 Å². The number of anilines is 1. The van der Waals surface area contributed by atoms with Crippen LogP contribution in [-0.4, -0.2) is 65.7 Å². The van der Waals surface area contributed by atoms with Crippen LogP contribution in [0.25, 0.3) is 11.3 Å². The van der Waals surface area contributed by atoms with Crippen molar-refractivity contribution in [2.45, 2.75) is 71.9 Å². The Bertz CT molecular complexity index is 2020. The highest BCUT2D eigenvalue weighted by Gasteiger charge is 2.34. The van der Waals surface area contributed by atoms with E-state index in [1.54, 1.807) is 21.9 Å². The number of fused-ring (bicyclic) bond motifs is 5. The molecule has 0 saturated carbocycles. The van der Waals surface area contributed by atoms with Crippen LogP contribution >= 0.6 is 0 Å². The van der Waals surface area contributed by atoms with E-state index in [9.17, 15) is 18.0 Å². The fourth-order valence-corrected chi connectivity index (χ4v) is 7.68. The maximum Gasteiger partial charge on any atom is 0.264 e. The van der Waals surface area contributed by atoms with Crippen molar-refractivity contribution in [2.75, 3.05) is 24.4 Å². The van der Waals surface area contributed by atoms with Crippen molar-refractivity contribution < 1.29 is 22.7 Å². The highest BCUT2D eigenvalue weighted by Crippen LogP contribution is 2.31. The van der Waals surface area contributed by atoms with Crippen LogP contribution in [0.3, 0.4) is 0 Å². The molecule has 0 saturated heterocycles. The molecule has 4 aromatic rings. The summed E-state index contributed by atoms with van der Waals surface area (Å²) in [6, 6.07) is 19.1. The molecule has 1 atom stereocenters. The van der Waals surface area contributed by atoms with Crippen molar-refractivity contribution in [1.29, 1.82) is 0 Å². The first-order valence-electron chi connectivity index (χ1n) is 16.6.